The van der Waals surface area contributed by atoms with E-state index in [0.717, 1.165) is 18.5 Å². The number of hydrogen-bond acceptors (Lipinski definition) is 4. The highest BCUT2D eigenvalue weighted by atomic mass is 32.2. The first kappa shape index (κ1) is 10.4. The van der Waals surface area contributed by atoms with Gasteiger partial charge in [-0.05, 0) is 25.0 Å². The predicted octanol–water partition coefficient (Wildman–Crippen LogP) is 1.07. The Morgan fingerprint density at radius 2 is 2.13 bits per heavy atom. The Morgan fingerprint density at radius 3 is 2.73 bits per heavy atom. The number of hydrogen-bond donors (Lipinski definition) is 1. The van der Waals surface area contributed by atoms with Crippen LogP contribution >= 0.6 is 0 Å². The maximum atomic E-state index is 11.5. The molecular weight excluding hydrogens is 212 g/mol. The predicted molar refractivity (Wildman–Crippen MR) is 59.5 cm³/mol. The Bertz CT molecular complexity index is 416. The van der Waals surface area contributed by atoms with Crippen LogP contribution in [0, 0.1) is 0 Å². The molecule has 0 radical (unpaired) electrons. The minimum Gasteiger partial charge on any atom is -0.384 e. The summed E-state index contributed by atoms with van der Waals surface area (Å²) in [7, 11) is -2.84. The third-order valence-electron chi connectivity index (χ3n) is 2.68. The second-order valence-electron chi connectivity index (χ2n) is 3.75. The first-order chi connectivity index (χ1) is 7.18. The molecular formula is C10H14N2O2S. The quantitative estimate of drug-likeness (QED) is 0.837. The summed E-state index contributed by atoms with van der Waals surface area (Å²) in [5.41, 5.74) is 0.923. The lowest BCUT2D eigenvalue weighted by Crippen LogP contribution is -2.24. The van der Waals surface area contributed by atoms with E-state index in [9.17, 15) is 8.42 Å². The Kier molecular flexibility index (Phi) is 2.90. The molecule has 1 aliphatic rings. The van der Waals surface area contributed by atoms with Gasteiger partial charge in [-0.2, -0.15) is 0 Å². The minimum absolute atomic E-state index is 0.217. The van der Waals surface area contributed by atoms with Crippen LogP contribution in [0.1, 0.15) is 12.8 Å². The van der Waals surface area contributed by atoms with Gasteiger partial charge in [-0.15, -0.1) is 0 Å². The topological polar surface area (TPSA) is 59.1 Å². The molecule has 0 aliphatic carbocycles. The maximum Gasteiger partial charge on any atom is 0.154 e. The van der Waals surface area contributed by atoms with Gasteiger partial charge in [0, 0.05) is 24.6 Å². The molecule has 1 fully saturated rings. The molecule has 1 aliphatic heterocycles. The first-order valence-electron chi connectivity index (χ1n) is 5.04. The van der Waals surface area contributed by atoms with Crippen LogP contribution < -0.4 is 5.32 Å². The van der Waals surface area contributed by atoms with Crippen LogP contribution in [0.15, 0.2) is 24.5 Å². The van der Waals surface area contributed by atoms with Crippen LogP contribution in [-0.4, -0.2) is 30.9 Å². The summed E-state index contributed by atoms with van der Waals surface area (Å²) in [4.78, 5) is 3.90. The molecule has 15 heavy (non-hydrogen) atoms. The third kappa shape index (κ3) is 2.47. The lowest BCUT2D eigenvalue weighted by Gasteiger charge is -2.11. The largest absolute Gasteiger partial charge is 0.384 e. The summed E-state index contributed by atoms with van der Waals surface area (Å²) in [5, 5.41) is 2.91. The zero-order chi connectivity index (χ0) is 10.7. The molecule has 1 N–H and O–H groups in total. The second-order valence-corrected chi connectivity index (χ2v) is 6.15. The van der Waals surface area contributed by atoms with Gasteiger partial charge in [-0.25, -0.2) is 8.42 Å². The highest BCUT2D eigenvalue weighted by molar-refractivity contribution is 7.92. The molecule has 2 rings (SSSR count). The molecule has 0 saturated carbocycles. The highest BCUT2D eigenvalue weighted by Crippen LogP contribution is 2.20. The Balaban J connectivity index is 1.94. The van der Waals surface area contributed by atoms with Gasteiger partial charge >= 0.3 is 0 Å². The van der Waals surface area contributed by atoms with Crippen LogP contribution in [0.5, 0.6) is 0 Å². The van der Waals surface area contributed by atoms with E-state index in [1.54, 1.807) is 12.4 Å². The van der Waals surface area contributed by atoms with Gasteiger partial charge < -0.3 is 5.32 Å². The number of pyridine rings is 1. The number of rotatable bonds is 3. The average molecular weight is 226 g/mol. The van der Waals surface area contributed by atoms with E-state index in [4.69, 9.17) is 0 Å². The van der Waals surface area contributed by atoms with Crippen molar-refractivity contribution in [2.24, 2.45) is 0 Å². The van der Waals surface area contributed by atoms with Crippen LogP contribution in [0.4, 0.5) is 5.69 Å². The average Bonchev–Trinajstić information content (AvgIpc) is 2.56. The number of nitrogens with one attached hydrogen (secondary N) is 1. The minimum atomic E-state index is -2.84. The number of nitrogens with zero attached hydrogens (tertiary/aromatic N) is 1. The fraction of sp³-hybridized carbons (Fsp3) is 0.500. The van der Waals surface area contributed by atoms with Gasteiger partial charge in [-0.3, -0.25) is 4.98 Å². The summed E-state index contributed by atoms with van der Waals surface area (Å²) >= 11 is 0. The summed E-state index contributed by atoms with van der Waals surface area (Å²) in [6.45, 7) is 0.506. The lowest BCUT2D eigenvalue weighted by molar-refractivity contribution is 0.591. The van der Waals surface area contributed by atoms with Crippen molar-refractivity contribution in [2.75, 3.05) is 17.6 Å². The van der Waals surface area contributed by atoms with Crippen molar-refractivity contribution in [2.45, 2.75) is 18.1 Å². The summed E-state index contributed by atoms with van der Waals surface area (Å²) in [5.74, 6) is 0.343. The van der Waals surface area contributed by atoms with Gasteiger partial charge in [0.15, 0.2) is 9.84 Å². The van der Waals surface area contributed by atoms with Gasteiger partial charge in [0.05, 0.1) is 11.0 Å². The molecule has 0 aromatic carbocycles. The number of anilines is 1. The molecule has 1 aromatic heterocycles. The molecule has 1 saturated heterocycles. The van der Waals surface area contributed by atoms with Gasteiger partial charge in [0.25, 0.3) is 0 Å². The van der Waals surface area contributed by atoms with Crippen molar-refractivity contribution in [3.8, 4) is 0 Å². The van der Waals surface area contributed by atoms with Crippen LogP contribution in [-0.2, 0) is 9.84 Å². The molecule has 0 bridgehead atoms. The molecule has 1 aromatic rings. The zero-order valence-electron chi connectivity index (χ0n) is 8.39. The van der Waals surface area contributed by atoms with Crippen molar-refractivity contribution in [1.29, 1.82) is 0 Å². The van der Waals surface area contributed by atoms with Crippen molar-refractivity contribution in [1.82, 2.24) is 4.98 Å². The van der Waals surface area contributed by atoms with E-state index < -0.39 is 9.84 Å². The zero-order valence-corrected chi connectivity index (χ0v) is 9.20. The summed E-state index contributed by atoms with van der Waals surface area (Å²) in [6.07, 6.45) is 4.95. The highest BCUT2D eigenvalue weighted by Gasteiger charge is 2.30. The smallest absolute Gasteiger partial charge is 0.154 e. The number of aromatic nitrogens is 1. The van der Waals surface area contributed by atoms with Crippen LogP contribution in [0.2, 0.25) is 0 Å². The fourth-order valence-corrected chi connectivity index (χ4v) is 3.55. The third-order valence-corrected chi connectivity index (χ3v) is 4.95. The van der Waals surface area contributed by atoms with E-state index >= 15 is 0 Å². The van der Waals surface area contributed by atoms with E-state index in [-0.39, 0.29) is 5.25 Å². The fourth-order valence-electron chi connectivity index (χ4n) is 1.79. The Labute approximate surface area is 89.6 Å². The van der Waals surface area contributed by atoms with E-state index in [0.29, 0.717) is 12.3 Å². The molecule has 1 atom stereocenters. The number of sulfone groups is 1. The van der Waals surface area contributed by atoms with Crippen molar-refractivity contribution < 1.29 is 8.42 Å². The van der Waals surface area contributed by atoms with Gasteiger partial charge in [0.1, 0.15) is 0 Å². The van der Waals surface area contributed by atoms with E-state index in [1.807, 2.05) is 12.1 Å². The van der Waals surface area contributed by atoms with Crippen LogP contribution in [0.3, 0.4) is 0 Å². The Hall–Kier alpha value is -1.10. The maximum absolute atomic E-state index is 11.5. The standard InChI is InChI=1S/C10H14N2O2S/c13-15(14)7-1-2-10(15)8-12-9-3-5-11-6-4-9/h3-6,10H,1-2,7-8H2,(H,11,12). The SMILES string of the molecule is O=S1(=O)CCCC1CNc1ccncc1. The first-order valence-corrected chi connectivity index (χ1v) is 6.75. The van der Waals surface area contributed by atoms with Crippen molar-refractivity contribution >= 4 is 15.5 Å². The summed E-state index contributed by atoms with van der Waals surface area (Å²) < 4.78 is 23.1. The molecule has 1 unspecified atom stereocenters. The second kappa shape index (κ2) is 4.18. The van der Waals surface area contributed by atoms with E-state index in [2.05, 4.69) is 10.3 Å². The Morgan fingerprint density at radius 1 is 1.40 bits per heavy atom. The molecule has 82 valence electrons. The monoisotopic (exact) mass is 226 g/mol. The summed E-state index contributed by atoms with van der Waals surface area (Å²) in [6, 6.07) is 3.67. The van der Waals surface area contributed by atoms with Crippen molar-refractivity contribution in [3.63, 3.8) is 0 Å². The molecule has 4 nitrogen and oxygen atoms in total. The van der Waals surface area contributed by atoms with Gasteiger partial charge in [-0.1, -0.05) is 0 Å². The molecule has 0 spiro atoms. The molecule has 5 heteroatoms. The normalized spacial score (nSPS) is 23.9. The van der Waals surface area contributed by atoms with Crippen molar-refractivity contribution in [3.05, 3.63) is 24.5 Å². The van der Waals surface area contributed by atoms with Crippen LogP contribution in [0.25, 0.3) is 0 Å². The lowest BCUT2D eigenvalue weighted by atomic mass is 10.2. The molecule has 0 amide bonds. The van der Waals surface area contributed by atoms with Gasteiger partial charge in [0.2, 0.25) is 0 Å². The molecule has 2 heterocycles. The van der Waals surface area contributed by atoms with E-state index in [1.165, 1.54) is 0 Å².